The van der Waals surface area contributed by atoms with E-state index in [1.807, 2.05) is 0 Å². The quantitative estimate of drug-likeness (QED) is 0.0307. The van der Waals surface area contributed by atoms with Gasteiger partial charge in [-0.2, -0.15) is 0 Å². The number of aldehydes is 1. The van der Waals surface area contributed by atoms with Crippen LogP contribution in [0.3, 0.4) is 0 Å². The molecule has 0 radical (unpaired) electrons. The van der Waals surface area contributed by atoms with E-state index in [0.717, 1.165) is 0 Å². The predicted octanol–water partition coefficient (Wildman–Crippen LogP) is 2.25. The zero-order valence-corrected chi connectivity index (χ0v) is 35.8. The first-order valence-electron chi connectivity index (χ1n) is 20.5. The van der Waals surface area contributed by atoms with Crippen LogP contribution >= 0.6 is 0 Å². The Labute approximate surface area is 361 Å². The highest BCUT2D eigenvalue weighted by atomic mass is 16.5. The number of carbonyl (C=O) groups is 8. The number of Topliss-reactive ketones (excluding diaryl/α,β-unsaturated/α-hetero) is 1. The fourth-order valence-corrected chi connectivity index (χ4v) is 5.38. The van der Waals surface area contributed by atoms with Gasteiger partial charge in [-0.05, 0) is 55.0 Å². The number of ketones is 1. The maximum atomic E-state index is 13.4. The smallest absolute Gasteiger partial charge is 0.226 e. The van der Waals surface area contributed by atoms with E-state index >= 15 is 0 Å². The zero-order chi connectivity index (χ0) is 45.8. The van der Waals surface area contributed by atoms with Crippen molar-refractivity contribution in [3.63, 3.8) is 0 Å². The number of rotatable bonds is 31. The lowest BCUT2D eigenvalue weighted by atomic mass is 9.88. The number of anilines is 2. The Morgan fingerprint density at radius 2 is 0.935 bits per heavy atom. The highest BCUT2D eigenvalue weighted by molar-refractivity contribution is 5.92. The molecule has 2 aromatic rings. The second kappa shape index (κ2) is 28.6. The molecule has 6 amide bonds. The van der Waals surface area contributed by atoms with Gasteiger partial charge in [0.15, 0.2) is 0 Å². The molecule has 0 unspecified atom stereocenters. The summed E-state index contributed by atoms with van der Waals surface area (Å²) in [6.45, 7) is 4.69. The summed E-state index contributed by atoms with van der Waals surface area (Å²) in [5.41, 5.74) is -0.987. The van der Waals surface area contributed by atoms with Crippen LogP contribution < -0.4 is 31.9 Å². The minimum atomic E-state index is -1.38. The molecule has 0 aromatic heterocycles. The van der Waals surface area contributed by atoms with E-state index in [1.54, 1.807) is 20.8 Å². The molecule has 0 aliphatic rings. The summed E-state index contributed by atoms with van der Waals surface area (Å²) < 4.78 is 17.6. The average molecular weight is 871 g/mol. The molecule has 2 rings (SSSR count). The summed E-state index contributed by atoms with van der Waals surface area (Å²) >= 11 is 0. The number of ether oxygens (including phenoxy) is 3. The molecule has 0 saturated carbocycles. The summed E-state index contributed by atoms with van der Waals surface area (Å²) in [6.07, 6.45) is 0.969. The molecule has 0 heterocycles. The van der Waals surface area contributed by atoms with Gasteiger partial charge in [-0.25, -0.2) is 0 Å². The molecule has 0 spiro atoms. The molecule has 2 aromatic carbocycles. The van der Waals surface area contributed by atoms with Gasteiger partial charge in [0.25, 0.3) is 0 Å². The summed E-state index contributed by atoms with van der Waals surface area (Å²) in [4.78, 5) is 98.4. The van der Waals surface area contributed by atoms with Crippen LogP contribution in [0.4, 0.5) is 11.4 Å². The van der Waals surface area contributed by atoms with Crippen molar-refractivity contribution in [3.8, 4) is 11.5 Å². The van der Waals surface area contributed by atoms with Gasteiger partial charge in [-0.15, -0.1) is 0 Å². The van der Waals surface area contributed by atoms with Crippen molar-refractivity contribution >= 4 is 58.9 Å². The number of aromatic hydroxyl groups is 2. The summed E-state index contributed by atoms with van der Waals surface area (Å²) in [5, 5.41) is 34.9. The highest BCUT2D eigenvalue weighted by Crippen LogP contribution is 2.19. The van der Waals surface area contributed by atoms with E-state index in [-0.39, 0.29) is 152 Å². The SMILES string of the molecule is CC(C)(C)C(=O)CCCC(=O)NC(COCCC(=O)NCCC=O)(COCCC(=O)NCCC(=O)Nc1ccc(O)cc1)COCCC(=O)NCCC(=O)Nc1ccc(O)cc1. The third kappa shape index (κ3) is 23.8. The van der Waals surface area contributed by atoms with Crippen molar-refractivity contribution in [2.45, 2.75) is 84.1 Å². The summed E-state index contributed by atoms with van der Waals surface area (Å²) in [6, 6.07) is 11.9. The summed E-state index contributed by atoms with van der Waals surface area (Å²) in [7, 11) is 0. The lowest BCUT2D eigenvalue weighted by Gasteiger charge is -2.34. The van der Waals surface area contributed by atoms with Crippen molar-refractivity contribution in [1.29, 1.82) is 0 Å². The van der Waals surface area contributed by atoms with Crippen LogP contribution in [-0.4, -0.2) is 123 Å². The van der Waals surface area contributed by atoms with Gasteiger partial charge in [0.2, 0.25) is 35.4 Å². The second-order valence-electron chi connectivity index (χ2n) is 15.5. The molecule has 0 saturated heterocycles. The number of hydrogen-bond donors (Lipinski definition) is 8. The van der Waals surface area contributed by atoms with Crippen molar-refractivity contribution in [1.82, 2.24) is 21.3 Å². The number of carbonyl (C=O) groups excluding carboxylic acids is 8. The molecule has 0 bridgehead atoms. The molecule has 19 heteroatoms. The van der Waals surface area contributed by atoms with E-state index in [1.165, 1.54) is 48.5 Å². The second-order valence-corrected chi connectivity index (χ2v) is 15.5. The van der Waals surface area contributed by atoms with Crippen LogP contribution in [0.25, 0.3) is 0 Å². The maximum absolute atomic E-state index is 13.4. The minimum Gasteiger partial charge on any atom is -0.508 e. The van der Waals surface area contributed by atoms with E-state index in [9.17, 15) is 48.6 Å². The molecule has 0 atom stereocenters. The van der Waals surface area contributed by atoms with Crippen LogP contribution in [0.1, 0.15) is 78.6 Å². The van der Waals surface area contributed by atoms with Crippen molar-refractivity contribution in [3.05, 3.63) is 48.5 Å². The number of nitrogens with one attached hydrogen (secondary N) is 6. The Morgan fingerprint density at radius 1 is 0.532 bits per heavy atom. The third-order valence-corrected chi connectivity index (χ3v) is 8.84. The van der Waals surface area contributed by atoms with Crippen molar-refractivity contribution in [2.75, 3.05) is 69.9 Å². The van der Waals surface area contributed by atoms with Gasteiger partial charge >= 0.3 is 0 Å². The molecular weight excluding hydrogens is 809 g/mol. The first-order chi connectivity index (χ1) is 29.5. The predicted molar refractivity (Wildman–Crippen MR) is 228 cm³/mol. The molecule has 342 valence electrons. The molecule has 19 nitrogen and oxygen atoms in total. The fourth-order valence-electron chi connectivity index (χ4n) is 5.38. The van der Waals surface area contributed by atoms with E-state index in [0.29, 0.717) is 17.7 Å². The monoisotopic (exact) mass is 870 g/mol. The van der Waals surface area contributed by atoms with Crippen LogP contribution in [0.5, 0.6) is 11.5 Å². The Hall–Kier alpha value is -5.92. The van der Waals surface area contributed by atoms with Gasteiger partial charge in [-0.3, -0.25) is 33.6 Å². The Balaban J connectivity index is 2.02. The van der Waals surface area contributed by atoms with Crippen molar-refractivity contribution in [2.24, 2.45) is 5.41 Å². The van der Waals surface area contributed by atoms with Crippen LogP contribution in [0.15, 0.2) is 48.5 Å². The largest absolute Gasteiger partial charge is 0.508 e. The van der Waals surface area contributed by atoms with Gasteiger partial charge in [0.1, 0.15) is 29.1 Å². The molecule has 62 heavy (non-hydrogen) atoms. The molecule has 0 aliphatic carbocycles. The third-order valence-electron chi connectivity index (χ3n) is 8.84. The van der Waals surface area contributed by atoms with Gasteiger partial charge < -0.3 is 61.1 Å². The lowest BCUT2D eigenvalue weighted by molar-refractivity contribution is -0.131. The first kappa shape index (κ1) is 52.2. The normalized spacial score (nSPS) is 11.2. The molecule has 0 fully saturated rings. The number of hydrogen-bond acceptors (Lipinski definition) is 13. The standard InChI is InChI=1S/C43H62N6O13/c1-42(2,3)35(53)6-4-7-41(59)49-43(28-60-25-18-36(54)44-21-5-24-50,29-61-26-19-37(55)45-22-16-39(57)47-31-8-12-33(51)13-9-31)30-62-27-20-38(56)46-23-17-40(58)48-32-10-14-34(52)15-11-32/h8-15,24,51-52H,4-7,16-23,25-30H2,1-3H3,(H,44,54)(H,45,55)(H,46,56)(H,47,57)(H,48,58)(H,49,59). The first-order valence-corrected chi connectivity index (χ1v) is 20.5. The highest BCUT2D eigenvalue weighted by Gasteiger charge is 2.34. The van der Waals surface area contributed by atoms with Crippen LogP contribution in [0.2, 0.25) is 0 Å². The maximum Gasteiger partial charge on any atom is 0.226 e. The van der Waals surface area contributed by atoms with Gasteiger partial charge in [0, 0.05) is 87.8 Å². The average Bonchev–Trinajstić information content (AvgIpc) is 3.21. The Bertz CT molecular complexity index is 1660. The molecular formula is C43H62N6O13. The van der Waals surface area contributed by atoms with Crippen molar-refractivity contribution < 1.29 is 62.8 Å². The fraction of sp³-hybridized carbons (Fsp3) is 0.535. The van der Waals surface area contributed by atoms with E-state index in [2.05, 4.69) is 31.9 Å². The Kier molecular flexibility index (Phi) is 24.1. The van der Waals surface area contributed by atoms with Crippen LogP contribution in [-0.2, 0) is 52.6 Å². The van der Waals surface area contributed by atoms with E-state index < -0.39 is 28.7 Å². The topological polar surface area (TPSA) is 277 Å². The number of phenolic OH excluding ortho intramolecular Hbond substituents is 2. The lowest BCUT2D eigenvalue weighted by Crippen LogP contribution is -2.58. The van der Waals surface area contributed by atoms with E-state index in [4.69, 9.17) is 14.2 Å². The minimum absolute atomic E-state index is 0.00882. The number of phenols is 2. The van der Waals surface area contributed by atoms with Gasteiger partial charge in [-0.1, -0.05) is 20.8 Å². The number of amides is 6. The molecule has 8 N–H and O–H groups in total. The van der Waals surface area contributed by atoms with Gasteiger partial charge in [0.05, 0.1) is 39.6 Å². The number of benzene rings is 2. The Morgan fingerprint density at radius 3 is 1.32 bits per heavy atom. The summed E-state index contributed by atoms with van der Waals surface area (Å²) in [5.74, 6) is -2.20. The van der Waals surface area contributed by atoms with Crippen LogP contribution in [0, 0.1) is 5.41 Å². The zero-order valence-electron chi connectivity index (χ0n) is 35.8. The molecule has 0 aliphatic heterocycles.